The highest BCUT2D eigenvalue weighted by molar-refractivity contribution is 5.61. The van der Waals surface area contributed by atoms with Gasteiger partial charge in [0.15, 0.2) is 11.5 Å². The van der Waals surface area contributed by atoms with Crippen molar-refractivity contribution >= 4 is 11.5 Å². The van der Waals surface area contributed by atoms with E-state index in [1.807, 2.05) is 37.3 Å². The Labute approximate surface area is 118 Å². The fraction of sp³-hybridized carbons (Fsp3) is 0.267. The molecule has 20 heavy (non-hydrogen) atoms. The fourth-order valence-electron chi connectivity index (χ4n) is 1.58. The Balaban J connectivity index is 2.09. The molecule has 0 aliphatic rings. The molecule has 0 bridgehead atoms. The van der Waals surface area contributed by atoms with Gasteiger partial charge in [-0.3, -0.25) is 0 Å². The first-order chi connectivity index (χ1) is 9.72. The molecule has 0 aliphatic heterocycles. The lowest BCUT2D eigenvalue weighted by Crippen LogP contribution is -2.09. The molecule has 0 radical (unpaired) electrons. The molecular formula is C15H16N4O. The van der Waals surface area contributed by atoms with Crippen LogP contribution < -0.4 is 10.1 Å². The number of hydrogen-bond donors (Lipinski definition) is 1. The summed E-state index contributed by atoms with van der Waals surface area (Å²) in [5.41, 5.74) is 1.10. The van der Waals surface area contributed by atoms with Crippen LogP contribution in [0.2, 0.25) is 0 Å². The van der Waals surface area contributed by atoms with Gasteiger partial charge in [-0.1, -0.05) is 6.92 Å². The van der Waals surface area contributed by atoms with Crippen LogP contribution in [0.15, 0.2) is 36.7 Å². The van der Waals surface area contributed by atoms with Crippen LogP contribution in [-0.4, -0.2) is 16.1 Å². The quantitative estimate of drug-likeness (QED) is 0.901. The number of ether oxygens (including phenoxy) is 1. The molecule has 0 aliphatic carbocycles. The summed E-state index contributed by atoms with van der Waals surface area (Å²) in [6.45, 7) is 4.11. The second-order valence-corrected chi connectivity index (χ2v) is 4.35. The van der Waals surface area contributed by atoms with Gasteiger partial charge in [-0.2, -0.15) is 5.26 Å². The summed E-state index contributed by atoms with van der Waals surface area (Å²) in [6, 6.07) is 9.54. The number of nitrogens with zero attached hydrogens (tertiary/aromatic N) is 3. The van der Waals surface area contributed by atoms with Crippen LogP contribution in [0.1, 0.15) is 26.0 Å². The van der Waals surface area contributed by atoms with Gasteiger partial charge in [-0.15, -0.1) is 0 Å². The minimum atomic E-state index is 0.194. The molecule has 0 fully saturated rings. The predicted octanol–water partition coefficient (Wildman–Crippen LogP) is 3.27. The Morgan fingerprint density at radius 2 is 1.95 bits per heavy atom. The summed E-state index contributed by atoms with van der Waals surface area (Å²) in [7, 11) is 0. The molecule has 0 saturated heterocycles. The summed E-state index contributed by atoms with van der Waals surface area (Å²) in [5.74, 6) is 1.27. The van der Waals surface area contributed by atoms with E-state index >= 15 is 0 Å². The molecular weight excluding hydrogens is 252 g/mol. The predicted molar refractivity (Wildman–Crippen MR) is 76.9 cm³/mol. The van der Waals surface area contributed by atoms with Crippen LogP contribution in [0.25, 0.3) is 0 Å². The minimum absolute atomic E-state index is 0.194. The highest BCUT2D eigenvalue weighted by Gasteiger charge is 2.05. The monoisotopic (exact) mass is 268 g/mol. The van der Waals surface area contributed by atoms with Crippen molar-refractivity contribution in [2.45, 2.75) is 26.4 Å². The number of anilines is 2. The van der Waals surface area contributed by atoms with E-state index in [2.05, 4.69) is 22.2 Å². The van der Waals surface area contributed by atoms with Crippen LogP contribution in [0.5, 0.6) is 5.75 Å². The number of nitriles is 1. The van der Waals surface area contributed by atoms with Gasteiger partial charge in [0.2, 0.25) is 0 Å². The van der Waals surface area contributed by atoms with Crippen molar-refractivity contribution in [1.29, 1.82) is 5.26 Å². The number of benzene rings is 1. The van der Waals surface area contributed by atoms with Gasteiger partial charge in [0.1, 0.15) is 11.8 Å². The molecule has 1 heterocycles. The standard InChI is InChI=1S/C15H16N4O/c1-3-11(2)20-13-6-4-12(5-7-13)19-15-14(10-16)17-8-9-18-15/h4-9,11H,3H2,1-2H3,(H,18,19). The molecule has 1 aromatic carbocycles. The number of hydrogen-bond acceptors (Lipinski definition) is 5. The van der Waals surface area contributed by atoms with E-state index in [0.717, 1.165) is 17.9 Å². The van der Waals surface area contributed by atoms with Crippen molar-refractivity contribution in [2.24, 2.45) is 0 Å². The highest BCUT2D eigenvalue weighted by atomic mass is 16.5. The van der Waals surface area contributed by atoms with Crippen molar-refractivity contribution < 1.29 is 4.74 Å². The third-order valence-electron chi connectivity index (χ3n) is 2.83. The topological polar surface area (TPSA) is 70.8 Å². The van der Waals surface area contributed by atoms with Crippen molar-refractivity contribution in [2.75, 3.05) is 5.32 Å². The Kier molecular flexibility index (Phi) is 4.51. The first kappa shape index (κ1) is 13.8. The molecule has 2 rings (SSSR count). The smallest absolute Gasteiger partial charge is 0.183 e. The second-order valence-electron chi connectivity index (χ2n) is 4.35. The molecule has 2 aromatic rings. The van der Waals surface area contributed by atoms with Crippen molar-refractivity contribution in [3.8, 4) is 11.8 Å². The summed E-state index contributed by atoms with van der Waals surface area (Å²) in [5, 5.41) is 12.0. The van der Waals surface area contributed by atoms with E-state index in [1.54, 1.807) is 6.20 Å². The van der Waals surface area contributed by atoms with Gasteiger partial charge in [0.25, 0.3) is 0 Å². The van der Waals surface area contributed by atoms with Gasteiger partial charge >= 0.3 is 0 Å². The van der Waals surface area contributed by atoms with Crippen LogP contribution in [0.3, 0.4) is 0 Å². The second kappa shape index (κ2) is 6.53. The Hall–Kier alpha value is -2.61. The Bertz CT molecular complexity index is 604. The van der Waals surface area contributed by atoms with Gasteiger partial charge in [-0.05, 0) is 37.6 Å². The zero-order valence-electron chi connectivity index (χ0n) is 11.5. The maximum atomic E-state index is 8.95. The summed E-state index contributed by atoms with van der Waals surface area (Å²) in [4.78, 5) is 8.05. The number of aromatic nitrogens is 2. The first-order valence-electron chi connectivity index (χ1n) is 6.47. The van der Waals surface area contributed by atoms with Crippen LogP contribution in [0.4, 0.5) is 11.5 Å². The molecule has 1 aromatic heterocycles. The highest BCUT2D eigenvalue weighted by Crippen LogP contribution is 2.21. The van der Waals surface area contributed by atoms with E-state index in [-0.39, 0.29) is 11.8 Å². The van der Waals surface area contributed by atoms with E-state index in [9.17, 15) is 0 Å². The minimum Gasteiger partial charge on any atom is -0.491 e. The Morgan fingerprint density at radius 1 is 1.25 bits per heavy atom. The molecule has 5 nitrogen and oxygen atoms in total. The van der Waals surface area contributed by atoms with Gasteiger partial charge < -0.3 is 10.1 Å². The van der Waals surface area contributed by atoms with Gasteiger partial charge in [0, 0.05) is 18.1 Å². The van der Waals surface area contributed by atoms with Crippen molar-refractivity contribution in [3.05, 3.63) is 42.4 Å². The van der Waals surface area contributed by atoms with Crippen LogP contribution in [0, 0.1) is 11.3 Å². The van der Waals surface area contributed by atoms with E-state index < -0.39 is 0 Å². The molecule has 1 atom stereocenters. The lowest BCUT2D eigenvalue weighted by molar-refractivity contribution is 0.217. The van der Waals surface area contributed by atoms with Gasteiger partial charge in [0.05, 0.1) is 6.10 Å². The lowest BCUT2D eigenvalue weighted by Gasteiger charge is -2.13. The zero-order valence-corrected chi connectivity index (χ0v) is 11.5. The molecule has 0 saturated carbocycles. The van der Waals surface area contributed by atoms with E-state index in [1.165, 1.54) is 6.20 Å². The molecule has 1 N–H and O–H groups in total. The molecule has 0 amide bonds. The maximum absolute atomic E-state index is 8.95. The number of rotatable bonds is 5. The Morgan fingerprint density at radius 3 is 2.60 bits per heavy atom. The maximum Gasteiger partial charge on any atom is 0.183 e. The molecule has 0 spiro atoms. The first-order valence-corrected chi connectivity index (χ1v) is 6.47. The lowest BCUT2D eigenvalue weighted by atomic mass is 10.2. The van der Waals surface area contributed by atoms with E-state index in [0.29, 0.717) is 5.82 Å². The largest absolute Gasteiger partial charge is 0.491 e. The normalized spacial score (nSPS) is 11.4. The van der Waals surface area contributed by atoms with Crippen LogP contribution >= 0.6 is 0 Å². The summed E-state index contributed by atoms with van der Waals surface area (Å²) < 4.78 is 5.71. The summed E-state index contributed by atoms with van der Waals surface area (Å²) >= 11 is 0. The molecule has 102 valence electrons. The summed E-state index contributed by atoms with van der Waals surface area (Å²) in [6.07, 6.45) is 4.20. The SMILES string of the molecule is CCC(C)Oc1ccc(Nc2nccnc2C#N)cc1. The van der Waals surface area contributed by atoms with E-state index in [4.69, 9.17) is 10.00 Å². The zero-order chi connectivity index (χ0) is 14.4. The van der Waals surface area contributed by atoms with Crippen LogP contribution in [-0.2, 0) is 0 Å². The number of nitrogens with one attached hydrogen (secondary N) is 1. The average Bonchev–Trinajstić information content (AvgIpc) is 2.49. The van der Waals surface area contributed by atoms with Gasteiger partial charge in [-0.25, -0.2) is 9.97 Å². The third-order valence-corrected chi connectivity index (χ3v) is 2.83. The fourth-order valence-corrected chi connectivity index (χ4v) is 1.58. The molecule has 5 heteroatoms. The third kappa shape index (κ3) is 3.45. The van der Waals surface area contributed by atoms with Crippen molar-refractivity contribution in [3.63, 3.8) is 0 Å². The average molecular weight is 268 g/mol. The van der Waals surface area contributed by atoms with Crippen molar-refractivity contribution in [1.82, 2.24) is 9.97 Å². The molecule has 1 unspecified atom stereocenters.